The molecule has 0 saturated heterocycles. The lowest BCUT2D eigenvalue weighted by Crippen LogP contribution is -2.23. The zero-order valence-electron chi connectivity index (χ0n) is 14.1. The van der Waals surface area contributed by atoms with Crippen LogP contribution in [0.4, 0.5) is 10.1 Å². The predicted octanol–water partition coefficient (Wildman–Crippen LogP) is 4.94. The molecule has 26 heavy (non-hydrogen) atoms. The zero-order valence-corrected chi connectivity index (χ0v) is 16.5. The third-order valence-electron chi connectivity index (χ3n) is 3.62. The third kappa shape index (κ3) is 4.08. The molecule has 9 heteroatoms. The number of carbonyl (C=O) groups is 1. The first-order valence-corrected chi connectivity index (χ1v) is 10.0. The zero-order chi connectivity index (χ0) is 18.7. The molecule has 1 N–H and O–H groups in total. The summed E-state index contributed by atoms with van der Waals surface area (Å²) in [7, 11) is 0. The SMILES string of the molecule is CCn1c(S[C@H](C)C(=O)Nc2ccc(Cl)cc2F)nnc1-c1cccs1. The largest absolute Gasteiger partial charge is 0.323 e. The van der Waals surface area contributed by atoms with Crippen molar-refractivity contribution in [3.05, 3.63) is 46.6 Å². The molecule has 0 fully saturated rings. The van der Waals surface area contributed by atoms with E-state index in [1.54, 1.807) is 18.3 Å². The molecule has 0 aliphatic heterocycles. The first kappa shape index (κ1) is 18.9. The molecule has 1 atom stereocenters. The Hall–Kier alpha value is -1.90. The molecule has 3 aromatic rings. The van der Waals surface area contributed by atoms with E-state index >= 15 is 0 Å². The van der Waals surface area contributed by atoms with Crippen molar-refractivity contribution < 1.29 is 9.18 Å². The molecule has 2 aromatic heterocycles. The van der Waals surface area contributed by atoms with Crippen molar-refractivity contribution in [3.8, 4) is 10.7 Å². The Morgan fingerprint density at radius 3 is 2.88 bits per heavy atom. The van der Waals surface area contributed by atoms with Crippen molar-refractivity contribution in [1.29, 1.82) is 0 Å². The topological polar surface area (TPSA) is 59.8 Å². The lowest BCUT2D eigenvalue weighted by molar-refractivity contribution is -0.115. The number of amides is 1. The Bertz CT molecular complexity index is 914. The van der Waals surface area contributed by atoms with Crippen LogP contribution >= 0.6 is 34.7 Å². The molecule has 1 aromatic carbocycles. The van der Waals surface area contributed by atoms with E-state index in [-0.39, 0.29) is 16.6 Å². The van der Waals surface area contributed by atoms with Crippen molar-refractivity contribution in [3.63, 3.8) is 0 Å². The summed E-state index contributed by atoms with van der Waals surface area (Å²) in [6.07, 6.45) is 0. The third-order valence-corrected chi connectivity index (χ3v) is 5.80. The van der Waals surface area contributed by atoms with E-state index in [4.69, 9.17) is 11.6 Å². The molecule has 0 unspecified atom stereocenters. The van der Waals surface area contributed by atoms with Crippen LogP contribution in [0.25, 0.3) is 10.7 Å². The Balaban J connectivity index is 1.73. The summed E-state index contributed by atoms with van der Waals surface area (Å²) in [5, 5.41) is 13.5. The van der Waals surface area contributed by atoms with Crippen molar-refractivity contribution in [2.45, 2.75) is 30.8 Å². The maximum Gasteiger partial charge on any atom is 0.237 e. The number of halogens is 2. The molecule has 1 amide bonds. The number of anilines is 1. The van der Waals surface area contributed by atoms with E-state index in [0.717, 1.165) is 16.8 Å². The molecule has 2 heterocycles. The normalized spacial score (nSPS) is 12.2. The van der Waals surface area contributed by atoms with Crippen molar-refractivity contribution >= 4 is 46.3 Å². The minimum atomic E-state index is -0.570. The van der Waals surface area contributed by atoms with Gasteiger partial charge in [-0.25, -0.2) is 4.39 Å². The van der Waals surface area contributed by atoms with Gasteiger partial charge < -0.3 is 9.88 Å². The van der Waals surface area contributed by atoms with Gasteiger partial charge in [0.15, 0.2) is 11.0 Å². The van der Waals surface area contributed by atoms with Gasteiger partial charge in [0.05, 0.1) is 15.8 Å². The molecular weight excluding hydrogens is 395 g/mol. The maximum absolute atomic E-state index is 13.8. The predicted molar refractivity (Wildman–Crippen MR) is 104 cm³/mol. The summed E-state index contributed by atoms with van der Waals surface area (Å²) in [6.45, 7) is 4.42. The van der Waals surface area contributed by atoms with E-state index in [9.17, 15) is 9.18 Å². The summed E-state index contributed by atoms with van der Waals surface area (Å²) < 4.78 is 15.8. The molecule has 3 rings (SSSR count). The molecule has 5 nitrogen and oxygen atoms in total. The van der Waals surface area contributed by atoms with Crippen LogP contribution in [0.2, 0.25) is 5.02 Å². The van der Waals surface area contributed by atoms with Crippen LogP contribution in [0, 0.1) is 5.82 Å². The number of hydrogen-bond acceptors (Lipinski definition) is 5. The highest BCUT2D eigenvalue weighted by Crippen LogP contribution is 2.29. The van der Waals surface area contributed by atoms with Crippen LogP contribution in [0.3, 0.4) is 0 Å². The maximum atomic E-state index is 13.8. The number of hydrogen-bond donors (Lipinski definition) is 1. The van der Waals surface area contributed by atoms with Crippen LogP contribution in [0.15, 0.2) is 40.9 Å². The van der Waals surface area contributed by atoms with Gasteiger partial charge in [-0.15, -0.1) is 21.5 Å². The van der Waals surface area contributed by atoms with Crippen molar-refractivity contribution in [1.82, 2.24) is 14.8 Å². The molecule has 0 bridgehead atoms. The lowest BCUT2D eigenvalue weighted by Gasteiger charge is -2.13. The summed E-state index contributed by atoms with van der Waals surface area (Å²) in [5.41, 5.74) is 0.100. The molecular formula is C17H16ClFN4OS2. The van der Waals surface area contributed by atoms with Crippen LogP contribution in [-0.4, -0.2) is 25.9 Å². The number of carbonyl (C=O) groups excluding carboxylic acids is 1. The van der Waals surface area contributed by atoms with Gasteiger partial charge in [0, 0.05) is 11.6 Å². The Morgan fingerprint density at radius 2 is 2.23 bits per heavy atom. The molecule has 0 saturated carbocycles. The summed E-state index contributed by atoms with van der Waals surface area (Å²) in [4.78, 5) is 13.4. The van der Waals surface area contributed by atoms with Gasteiger partial charge in [-0.1, -0.05) is 29.4 Å². The number of thioether (sulfide) groups is 1. The second kappa shape index (κ2) is 8.20. The minimum Gasteiger partial charge on any atom is -0.323 e. The monoisotopic (exact) mass is 410 g/mol. The Morgan fingerprint density at radius 1 is 1.42 bits per heavy atom. The highest BCUT2D eigenvalue weighted by atomic mass is 35.5. The number of benzene rings is 1. The van der Waals surface area contributed by atoms with Gasteiger partial charge in [-0.3, -0.25) is 4.79 Å². The van der Waals surface area contributed by atoms with Crippen LogP contribution in [0.5, 0.6) is 0 Å². The number of nitrogens with zero attached hydrogens (tertiary/aromatic N) is 3. The molecule has 136 valence electrons. The quantitative estimate of drug-likeness (QED) is 0.585. The van der Waals surface area contributed by atoms with Gasteiger partial charge in [0.1, 0.15) is 5.82 Å². The van der Waals surface area contributed by atoms with E-state index in [2.05, 4.69) is 15.5 Å². The van der Waals surface area contributed by atoms with Crippen LogP contribution in [-0.2, 0) is 11.3 Å². The van der Waals surface area contributed by atoms with Gasteiger partial charge in [0.25, 0.3) is 0 Å². The fourth-order valence-electron chi connectivity index (χ4n) is 2.29. The minimum absolute atomic E-state index is 0.100. The highest BCUT2D eigenvalue weighted by molar-refractivity contribution is 8.00. The van der Waals surface area contributed by atoms with Gasteiger partial charge >= 0.3 is 0 Å². The Labute approximate surface area is 163 Å². The van der Waals surface area contributed by atoms with Gasteiger partial charge in [-0.05, 0) is 43.5 Å². The summed E-state index contributed by atoms with van der Waals surface area (Å²) in [6, 6.07) is 8.07. The van der Waals surface area contributed by atoms with E-state index in [1.807, 2.05) is 29.0 Å². The van der Waals surface area contributed by atoms with E-state index in [0.29, 0.717) is 11.7 Å². The number of nitrogens with one attached hydrogen (secondary N) is 1. The molecule has 0 spiro atoms. The first-order valence-electron chi connectivity index (χ1n) is 7.89. The molecule has 0 aliphatic rings. The average Bonchev–Trinajstić information content (AvgIpc) is 3.26. The fourth-order valence-corrected chi connectivity index (χ4v) is 4.07. The smallest absolute Gasteiger partial charge is 0.237 e. The van der Waals surface area contributed by atoms with Crippen LogP contribution in [0.1, 0.15) is 13.8 Å². The summed E-state index contributed by atoms with van der Waals surface area (Å²) in [5.74, 6) is -0.111. The van der Waals surface area contributed by atoms with Crippen LogP contribution < -0.4 is 5.32 Å². The first-order chi connectivity index (χ1) is 12.5. The van der Waals surface area contributed by atoms with E-state index < -0.39 is 11.1 Å². The average molecular weight is 411 g/mol. The van der Waals surface area contributed by atoms with Gasteiger partial charge in [0.2, 0.25) is 5.91 Å². The summed E-state index contributed by atoms with van der Waals surface area (Å²) >= 11 is 8.59. The molecule has 0 aliphatic carbocycles. The highest BCUT2D eigenvalue weighted by Gasteiger charge is 2.21. The fraction of sp³-hybridized carbons (Fsp3) is 0.235. The molecule has 0 radical (unpaired) electrons. The van der Waals surface area contributed by atoms with Gasteiger partial charge in [-0.2, -0.15) is 0 Å². The number of thiophene rings is 1. The van der Waals surface area contributed by atoms with Crippen molar-refractivity contribution in [2.75, 3.05) is 5.32 Å². The second-order valence-corrected chi connectivity index (χ2v) is 8.09. The van der Waals surface area contributed by atoms with E-state index in [1.165, 1.54) is 23.9 Å². The van der Waals surface area contributed by atoms with Crippen molar-refractivity contribution in [2.24, 2.45) is 0 Å². The standard InChI is InChI=1S/C17H16ClFN4OS2/c1-3-23-15(14-5-4-8-25-14)21-22-17(23)26-10(2)16(24)20-13-7-6-11(18)9-12(13)19/h4-10H,3H2,1-2H3,(H,20,24)/t10-/m1/s1. The second-order valence-electron chi connectivity index (χ2n) is 5.40. The number of rotatable bonds is 6. The Kier molecular flexibility index (Phi) is 5.95. The lowest BCUT2D eigenvalue weighted by atomic mass is 10.3. The number of aromatic nitrogens is 3.